The molecule has 17 heavy (non-hydrogen) atoms. The molecule has 1 amide bonds. The standard InChI is InChI=1S/C11H18N4OS/c1-14(2)11-13-9(12)8(17-11)10(16)15(3)7-5-4-6-7/h7H,4-6,12H2,1-3H3. The van der Waals surface area contributed by atoms with Gasteiger partial charge in [0, 0.05) is 27.2 Å². The van der Waals surface area contributed by atoms with Crippen LogP contribution < -0.4 is 10.6 Å². The Labute approximate surface area is 105 Å². The second kappa shape index (κ2) is 4.52. The van der Waals surface area contributed by atoms with Crippen LogP contribution >= 0.6 is 11.3 Å². The maximum absolute atomic E-state index is 12.2. The van der Waals surface area contributed by atoms with Gasteiger partial charge in [-0.25, -0.2) is 4.98 Å². The van der Waals surface area contributed by atoms with Gasteiger partial charge in [-0.3, -0.25) is 4.79 Å². The fourth-order valence-electron chi connectivity index (χ4n) is 1.76. The number of hydrogen-bond acceptors (Lipinski definition) is 5. The van der Waals surface area contributed by atoms with Crippen LogP contribution in [0.15, 0.2) is 0 Å². The zero-order chi connectivity index (χ0) is 12.6. The third kappa shape index (κ3) is 2.22. The van der Waals surface area contributed by atoms with E-state index in [4.69, 9.17) is 5.73 Å². The summed E-state index contributed by atoms with van der Waals surface area (Å²) < 4.78 is 0. The number of carbonyl (C=O) groups excluding carboxylic acids is 1. The quantitative estimate of drug-likeness (QED) is 0.886. The van der Waals surface area contributed by atoms with Crippen molar-refractivity contribution in [2.24, 2.45) is 0 Å². The lowest BCUT2D eigenvalue weighted by molar-refractivity contribution is 0.0658. The Morgan fingerprint density at radius 3 is 2.47 bits per heavy atom. The van der Waals surface area contributed by atoms with E-state index >= 15 is 0 Å². The van der Waals surface area contributed by atoms with Crippen molar-refractivity contribution < 1.29 is 4.79 Å². The van der Waals surface area contributed by atoms with Gasteiger partial charge in [-0.2, -0.15) is 0 Å². The Morgan fingerprint density at radius 2 is 2.06 bits per heavy atom. The Balaban J connectivity index is 2.18. The number of anilines is 2. The predicted molar refractivity (Wildman–Crippen MR) is 70.6 cm³/mol. The number of nitrogen functional groups attached to an aromatic ring is 1. The van der Waals surface area contributed by atoms with Gasteiger partial charge in [0.15, 0.2) is 5.13 Å². The van der Waals surface area contributed by atoms with Gasteiger partial charge in [0.25, 0.3) is 5.91 Å². The van der Waals surface area contributed by atoms with E-state index in [0.29, 0.717) is 16.7 Å². The minimum absolute atomic E-state index is 0.00204. The minimum Gasteiger partial charge on any atom is -0.382 e. The summed E-state index contributed by atoms with van der Waals surface area (Å²) in [6.45, 7) is 0. The van der Waals surface area contributed by atoms with Crippen LogP contribution in [0, 0.1) is 0 Å². The van der Waals surface area contributed by atoms with E-state index in [9.17, 15) is 4.79 Å². The molecule has 1 fully saturated rings. The highest BCUT2D eigenvalue weighted by Crippen LogP contribution is 2.30. The summed E-state index contributed by atoms with van der Waals surface area (Å²) in [7, 11) is 5.63. The first-order valence-corrected chi connectivity index (χ1v) is 6.53. The van der Waals surface area contributed by atoms with Crippen molar-refractivity contribution >= 4 is 28.2 Å². The number of carbonyl (C=O) groups is 1. The van der Waals surface area contributed by atoms with Gasteiger partial charge in [-0.15, -0.1) is 0 Å². The largest absolute Gasteiger partial charge is 0.382 e. The molecular weight excluding hydrogens is 236 g/mol. The Morgan fingerprint density at radius 1 is 1.41 bits per heavy atom. The molecule has 0 bridgehead atoms. The molecule has 1 aliphatic rings. The van der Waals surface area contributed by atoms with Gasteiger partial charge in [-0.1, -0.05) is 11.3 Å². The van der Waals surface area contributed by atoms with E-state index in [1.54, 1.807) is 4.90 Å². The predicted octanol–water partition coefficient (Wildman–Crippen LogP) is 1.42. The van der Waals surface area contributed by atoms with Crippen LogP contribution in [-0.4, -0.2) is 43.0 Å². The summed E-state index contributed by atoms with van der Waals surface area (Å²) in [4.78, 5) is 20.6. The molecule has 1 aromatic heterocycles. The lowest BCUT2D eigenvalue weighted by Crippen LogP contribution is -2.41. The molecule has 1 aromatic rings. The number of aromatic nitrogens is 1. The lowest BCUT2D eigenvalue weighted by atomic mass is 9.92. The van der Waals surface area contributed by atoms with E-state index in [-0.39, 0.29) is 5.91 Å². The van der Waals surface area contributed by atoms with Crippen molar-refractivity contribution in [1.82, 2.24) is 9.88 Å². The van der Waals surface area contributed by atoms with E-state index in [2.05, 4.69) is 4.98 Å². The normalized spacial score (nSPS) is 15.5. The van der Waals surface area contributed by atoms with Gasteiger partial charge in [-0.05, 0) is 19.3 Å². The van der Waals surface area contributed by atoms with Gasteiger partial charge < -0.3 is 15.5 Å². The smallest absolute Gasteiger partial charge is 0.267 e. The van der Waals surface area contributed by atoms with Crippen molar-refractivity contribution in [2.75, 3.05) is 31.8 Å². The molecule has 0 aromatic carbocycles. The molecule has 2 N–H and O–H groups in total. The number of thiazole rings is 1. The van der Waals surface area contributed by atoms with Crippen LogP contribution in [0.3, 0.4) is 0 Å². The molecule has 0 radical (unpaired) electrons. The third-order valence-electron chi connectivity index (χ3n) is 3.16. The first kappa shape index (κ1) is 12.2. The zero-order valence-electron chi connectivity index (χ0n) is 10.4. The lowest BCUT2D eigenvalue weighted by Gasteiger charge is -2.34. The molecule has 5 nitrogen and oxygen atoms in total. The Hall–Kier alpha value is -1.30. The van der Waals surface area contributed by atoms with E-state index in [1.807, 2.05) is 26.0 Å². The van der Waals surface area contributed by atoms with Crippen molar-refractivity contribution in [3.05, 3.63) is 4.88 Å². The third-order valence-corrected chi connectivity index (χ3v) is 4.39. The highest BCUT2D eigenvalue weighted by atomic mass is 32.1. The molecule has 1 aliphatic carbocycles. The fraction of sp³-hybridized carbons (Fsp3) is 0.636. The first-order chi connectivity index (χ1) is 8.00. The second-order valence-electron chi connectivity index (χ2n) is 4.61. The SMILES string of the molecule is CN(C)c1nc(N)c(C(=O)N(C)C2CCC2)s1. The van der Waals surface area contributed by atoms with Crippen molar-refractivity contribution in [3.8, 4) is 0 Å². The molecule has 0 unspecified atom stereocenters. The van der Waals surface area contributed by atoms with Gasteiger partial charge in [0.05, 0.1) is 0 Å². The molecule has 0 aliphatic heterocycles. The van der Waals surface area contributed by atoms with Crippen LogP contribution in [0.5, 0.6) is 0 Å². The number of nitrogens with zero attached hydrogens (tertiary/aromatic N) is 3. The van der Waals surface area contributed by atoms with Gasteiger partial charge in [0.2, 0.25) is 0 Å². The van der Waals surface area contributed by atoms with Crippen LogP contribution in [0.2, 0.25) is 0 Å². The first-order valence-electron chi connectivity index (χ1n) is 5.71. The molecule has 6 heteroatoms. The summed E-state index contributed by atoms with van der Waals surface area (Å²) in [6.07, 6.45) is 3.41. The fourth-order valence-corrected chi connectivity index (χ4v) is 2.66. The van der Waals surface area contributed by atoms with Gasteiger partial charge >= 0.3 is 0 Å². The van der Waals surface area contributed by atoms with Crippen LogP contribution in [0.1, 0.15) is 28.9 Å². The van der Waals surface area contributed by atoms with E-state index in [1.165, 1.54) is 17.8 Å². The van der Waals surface area contributed by atoms with Crippen molar-refractivity contribution in [3.63, 3.8) is 0 Å². The number of nitrogens with two attached hydrogens (primary N) is 1. The number of hydrogen-bond donors (Lipinski definition) is 1. The molecule has 0 saturated heterocycles. The van der Waals surface area contributed by atoms with Crippen LogP contribution in [0.4, 0.5) is 10.9 Å². The maximum atomic E-state index is 12.2. The summed E-state index contributed by atoms with van der Waals surface area (Å²) >= 11 is 1.35. The highest BCUT2D eigenvalue weighted by molar-refractivity contribution is 7.18. The second-order valence-corrected chi connectivity index (χ2v) is 5.58. The number of rotatable bonds is 3. The summed E-state index contributed by atoms with van der Waals surface area (Å²) in [6, 6.07) is 0.381. The van der Waals surface area contributed by atoms with E-state index in [0.717, 1.165) is 18.0 Å². The molecule has 1 saturated carbocycles. The average molecular weight is 254 g/mol. The Bertz CT molecular complexity index is 425. The highest BCUT2D eigenvalue weighted by Gasteiger charge is 2.29. The zero-order valence-corrected chi connectivity index (χ0v) is 11.3. The van der Waals surface area contributed by atoms with Crippen molar-refractivity contribution in [1.29, 1.82) is 0 Å². The summed E-state index contributed by atoms with van der Waals surface area (Å²) in [5.41, 5.74) is 5.80. The molecule has 94 valence electrons. The topological polar surface area (TPSA) is 62.5 Å². The summed E-state index contributed by atoms with van der Waals surface area (Å²) in [5.74, 6) is 0.340. The maximum Gasteiger partial charge on any atom is 0.267 e. The molecule has 1 heterocycles. The van der Waals surface area contributed by atoms with Crippen molar-refractivity contribution in [2.45, 2.75) is 25.3 Å². The molecule has 0 atom stereocenters. The number of amides is 1. The Kier molecular flexibility index (Phi) is 3.24. The van der Waals surface area contributed by atoms with Crippen LogP contribution in [0.25, 0.3) is 0 Å². The molecule has 0 spiro atoms. The van der Waals surface area contributed by atoms with Crippen LogP contribution in [-0.2, 0) is 0 Å². The van der Waals surface area contributed by atoms with E-state index < -0.39 is 0 Å². The average Bonchev–Trinajstić information content (AvgIpc) is 2.56. The summed E-state index contributed by atoms with van der Waals surface area (Å²) in [5, 5.41) is 0.771. The monoisotopic (exact) mass is 254 g/mol. The molecule has 2 rings (SSSR count). The molecular formula is C11H18N4OS. The minimum atomic E-state index is -0.00204. The van der Waals surface area contributed by atoms with Gasteiger partial charge in [0.1, 0.15) is 10.7 Å².